The van der Waals surface area contributed by atoms with Gasteiger partial charge in [0, 0.05) is 25.2 Å². The van der Waals surface area contributed by atoms with E-state index >= 15 is 0 Å². The summed E-state index contributed by atoms with van der Waals surface area (Å²) in [5.41, 5.74) is 0.841. The van der Waals surface area contributed by atoms with Crippen molar-refractivity contribution < 1.29 is 10.2 Å². The number of nitrogens with zero attached hydrogens (tertiary/aromatic N) is 3. The second-order valence-electron chi connectivity index (χ2n) is 4.97. The van der Waals surface area contributed by atoms with E-state index in [-0.39, 0.29) is 12.7 Å². The summed E-state index contributed by atoms with van der Waals surface area (Å²) in [5.74, 6) is 1.39. The zero-order chi connectivity index (χ0) is 12.7. The van der Waals surface area contributed by atoms with Crippen LogP contribution in [-0.2, 0) is 6.61 Å². The second-order valence-corrected chi connectivity index (χ2v) is 5.84. The molecule has 0 saturated heterocycles. The molecule has 5 nitrogen and oxygen atoms in total. The van der Waals surface area contributed by atoms with Gasteiger partial charge < -0.3 is 15.1 Å². The summed E-state index contributed by atoms with van der Waals surface area (Å²) in [5, 5.41) is 20.8. The number of hydrogen-bond acceptors (Lipinski definition) is 5. The van der Waals surface area contributed by atoms with E-state index < -0.39 is 0 Å². The fourth-order valence-electron chi connectivity index (χ4n) is 2.60. The molecule has 2 heterocycles. The highest BCUT2D eigenvalue weighted by Crippen LogP contribution is 2.30. The maximum Gasteiger partial charge on any atom is 0.195 e. The van der Waals surface area contributed by atoms with Crippen molar-refractivity contribution in [3.8, 4) is 0 Å². The monoisotopic (exact) mass is 267 g/mol. The second kappa shape index (κ2) is 4.53. The summed E-state index contributed by atoms with van der Waals surface area (Å²) in [6, 6.07) is 0. The third-order valence-corrected chi connectivity index (χ3v) is 4.35. The third kappa shape index (κ3) is 1.90. The van der Waals surface area contributed by atoms with Crippen molar-refractivity contribution >= 4 is 22.1 Å². The van der Waals surface area contributed by atoms with Gasteiger partial charge in [0.15, 0.2) is 10.8 Å². The summed E-state index contributed by atoms with van der Waals surface area (Å²) in [6.07, 6.45) is 3.57. The standard InChI is InChI=1S/C12H17N3O2S/c1-14(6-8-4-9(17)5-8)11-10(7-16)15-2-3-18-12(15)13-11/h2-3,8-9,16-17H,4-7H2,1H3. The maximum atomic E-state index is 9.50. The number of aliphatic hydroxyl groups is 2. The van der Waals surface area contributed by atoms with Crippen LogP contribution in [0.5, 0.6) is 0 Å². The van der Waals surface area contributed by atoms with Gasteiger partial charge in [-0.1, -0.05) is 0 Å². The number of imidazole rings is 1. The number of hydrogen-bond donors (Lipinski definition) is 2. The Hall–Kier alpha value is -1.11. The van der Waals surface area contributed by atoms with Crippen molar-refractivity contribution in [2.24, 2.45) is 5.92 Å². The number of anilines is 1. The Labute approximate surface area is 109 Å². The predicted octanol–water partition coefficient (Wildman–Crippen LogP) is 1.10. The highest BCUT2D eigenvalue weighted by Gasteiger charge is 2.29. The Morgan fingerprint density at radius 3 is 3.00 bits per heavy atom. The molecule has 0 atom stereocenters. The topological polar surface area (TPSA) is 61.0 Å². The molecule has 0 bridgehead atoms. The number of rotatable bonds is 4. The van der Waals surface area contributed by atoms with Crippen molar-refractivity contribution in [3.63, 3.8) is 0 Å². The highest BCUT2D eigenvalue weighted by molar-refractivity contribution is 7.15. The van der Waals surface area contributed by atoms with Crippen LogP contribution in [0.2, 0.25) is 0 Å². The SMILES string of the molecule is CN(CC1CC(O)C1)c1nc2sccn2c1CO. The molecule has 2 aromatic rings. The van der Waals surface area contributed by atoms with E-state index in [1.165, 1.54) is 0 Å². The van der Waals surface area contributed by atoms with E-state index in [2.05, 4.69) is 9.88 Å². The fraction of sp³-hybridized carbons (Fsp3) is 0.583. The first-order valence-electron chi connectivity index (χ1n) is 6.13. The molecule has 18 heavy (non-hydrogen) atoms. The minimum atomic E-state index is -0.119. The van der Waals surface area contributed by atoms with Gasteiger partial charge in [-0.25, -0.2) is 4.98 Å². The van der Waals surface area contributed by atoms with Crippen molar-refractivity contribution in [3.05, 3.63) is 17.3 Å². The van der Waals surface area contributed by atoms with Gasteiger partial charge in [0.25, 0.3) is 0 Å². The summed E-state index contributed by atoms with van der Waals surface area (Å²) < 4.78 is 1.94. The summed E-state index contributed by atoms with van der Waals surface area (Å²) in [6.45, 7) is 0.875. The summed E-state index contributed by atoms with van der Waals surface area (Å²) in [4.78, 5) is 7.56. The van der Waals surface area contributed by atoms with Crippen LogP contribution in [0.15, 0.2) is 11.6 Å². The first-order chi connectivity index (χ1) is 8.69. The Morgan fingerprint density at radius 1 is 1.56 bits per heavy atom. The first kappa shape index (κ1) is 12.0. The zero-order valence-electron chi connectivity index (χ0n) is 10.3. The van der Waals surface area contributed by atoms with Crippen LogP contribution in [0.25, 0.3) is 4.96 Å². The Morgan fingerprint density at radius 2 is 2.33 bits per heavy atom. The van der Waals surface area contributed by atoms with Crippen LogP contribution in [0, 0.1) is 5.92 Å². The number of thiazole rings is 1. The lowest BCUT2D eigenvalue weighted by atomic mass is 9.82. The molecule has 2 aromatic heterocycles. The van der Waals surface area contributed by atoms with Crippen LogP contribution in [0.3, 0.4) is 0 Å². The molecule has 6 heteroatoms. The lowest BCUT2D eigenvalue weighted by Gasteiger charge is -2.34. The van der Waals surface area contributed by atoms with Crippen molar-refractivity contribution in [2.45, 2.75) is 25.6 Å². The summed E-state index contributed by atoms with van der Waals surface area (Å²) in [7, 11) is 2.00. The maximum absolute atomic E-state index is 9.50. The van der Waals surface area contributed by atoms with Crippen LogP contribution in [0.4, 0.5) is 5.82 Å². The lowest BCUT2D eigenvalue weighted by Crippen LogP contribution is -2.37. The van der Waals surface area contributed by atoms with E-state index in [4.69, 9.17) is 0 Å². The molecular weight excluding hydrogens is 250 g/mol. The van der Waals surface area contributed by atoms with Gasteiger partial charge in [-0.05, 0) is 18.8 Å². The molecule has 98 valence electrons. The molecule has 0 aliphatic heterocycles. The molecule has 0 unspecified atom stereocenters. The molecule has 0 aromatic carbocycles. The van der Waals surface area contributed by atoms with Gasteiger partial charge in [0.2, 0.25) is 0 Å². The van der Waals surface area contributed by atoms with Gasteiger partial charge in [0.05, 0.1) is 18.4 Å². The Bertz CT molecular complexity index is 545. The van der Waals surface area contributed by atoms with E-state index in [0.717, 1.165) is 35.9 Å². The normalized spacial score (nSPS) is 23.3. The van der Waals surface area contributed by atoms with Crippen molar-refractivity contribution in [1.82, 2.24) is 9.38 Å². The molecule has 1 aliphatic rings. The van der Waals surface area contributed by atoms with Crippen LogP contribution in [0.1, 0.15) is 18.5 Å². The molecule has 3 rings (SSSR count). The minimum Gasteiger partial charge on any atom is -0.393 e. The molecule has 2 N–H and O–H groups in total. The minimum absolute atomic E-state index is 0.00906. The van der Waals surface area contributed by atoms with Crippen molar-refractivity contribution in [2.75, 3.05) is 18.5 Å². The van der Waals surface area contributed by atoms with Crippen LogP contribution in [-0.4, -0.2) is 39.3 Å². The van der Waals surface area contributed by atoms with E-state index in [0.29, 0.717) is 5.92 Å². The average Bonchev–Trinajstić information content (AvgIpc) is 2.85. The average molecular weight is 267 g/mol. The molecule has 0 amide bonds. The molecule has 0 spiro atoms. The Balaban J connectivity index is 1.81. The molecule has 1 aliphatic carbocycles. The van der Waals surface area contributed by atoms with Gasteiger partial charge in [-0.3, -0.25) is 4.40 Å². The van der Waals surface area contributed by atoms with Crippen molar-refractivity contribution in [1.29, 1.82) is 0 Å². The van der Waals surface area contributed by atoms with Gasteiger partial charge in [0.1, 0.15) is 0 Å². The zero-order valence-corrected chi connectivity index (χ0v) is 11.1. The van der Waals surface area contributed by atoms with Gasteiger partial charge in [-0.2, -0.15) is 0 Å². The fourth-order valence-corrected chi connectivity index (χ4v) is 3.33. The van der Waals surface area contributed by atoms with Crippen LogP contribution >= 0.6 is 11.3 Å². The smallest absolute Gasteiger partial charge is 0.195 e. The number of fused-ring (bicyclic) bond motifs is 1. The third-order valence-electron chi connectivity index (χ3n) is 3.59. The molecule has 1 saturated carbocycles. The molecular formula is C12H17N3O2S. The molecule has 0 radical (unpaired) electrons. The van der Waals surface area contributed by atoms with E-state index in [1.54, 1.807) is 11.3 Å². The number of aliphatic hydroxyl groups excluding tert-OH is 2. The largest absolute Gasteiger partial charge is 0.393 e. The van der Waals surface area contributed by atoms with E-state index in [1.807, 2.05) is 23.0 Å². The van der Waals surface area contributed by atoms with Crippen LogP contribution < -0.4 is 4.90 Å². The highest BCUT2D eigenvalue weighted by atomic mass is 32.1. The number of aromatic nitrogens is 2. The summed E-state index contributed by atoms with van der Waals surface area (Å²) >= 11 is 1.57. The van der Waals surface area contributed by atoms with Gasteiger partial charge in [-0.15, -0.1) is 11.3 Å². The quantitative estimate of drug-likeness (QED) is 0.870. The lowest BCUT2D eigenvalue weighted by molar-refractivity contribution is 0.0464. The Kier molecular flexibility index (Phi) is 3.01. The van der Waals surface area contributed by atoms with Gasteiger partial charge >= 0.3 is 0 Å². The van der Waals surface area contributed by atoms with E-state index in [9.17, 15) is 10.2 Å². The molecule has 1 fully saturated rings. The first-order valence-corrected chi connectivity index (χ1v) is 7.01. The predicted molar refractivity (Wildman–Crippen MR) is 71.0 cm³/mol.